The van der Waals surface area contributed by atoms with Crippen LogP contribution < -0.4 is 19.8 Å². The molecule has 222 valence electrons. The highest BCUT2D eigenvalue weighted by molar-refractivity contribution is 8.00. The van der Waals surface area contributed by atoms with Gasteiger partial charge in [0.05, 0.1) is 17.9 Å². The lowest BCUT2D eigenvalue weighted by molar-refractivity contribution is -0.0222. The molecule has 13 heteroatoms. The second kappa shape index (κ2) is 14.7. The Balaban J connectivity index is 0.00000216. The molecule has 1 amide bonds. The topological polar surface area (TPSA) is 93.6 Å². The Labute approximate surface area is 237 Å². The molecule has 0 spiro atoms. The fourth-order valence-corrected chi connectivity index (χ4v) is 5.08. The SMILES string of the molecule is CC.Cc1cc(NC(=O)c2ccc(NSCCO)cc2N2CCC(C(F)F)CC2)nc(N2CCC(F)(F)CC2)n1. The van der Waals surface area contributed by atoms with Crippen LogP contribution in [0.1, 0.15) is 55.6 Å². The van der Waals surface area contributed by atoms with Crippen LogP contribution in [-0.2, 0) is 0 Å². The van der Waals surface area contributed by atoms with Crippen LogP contribution in [0.4, 0.5) is 40.7 Å². The van der Waals surface area contributed by atoms with E-state index in [9.17, 15) is 22.4 Å². The molecule has 1 aromatic carbocycles. The number of aryl methyl sites for hydroxylation is 1. The lowest BCUT2D eigenvalue weighted by Crippen LogP contribution is -2.40. The number of aliphatic hydroxyl groups excluding tert-OH is 1. The Bertz CT molecular complexity index is 1110. The van der Waals surface area contributed by atoms with Gasteiger partial charge in [0.15, 0.2) is 0 Å². The molecule has 2 aromatic rings. The third-order valence-electron chi connectivity index (χ3n) is 6.72. The first-order valence-electron chi connectivity index (χ1n) is 13.6. The normalized spacial score (nSPS) is 17.3. The van der Waals surface area contributed by atoms with Gasteiger partial charge in [-0.1, -0.05) is 25.8 Å². The summed E-state index contributed by atoms with van der Waals surface area (Å²) in [6.07, 6.45) is -2.30. The Morgan fingerprint density at radius 3 is 2.40 bits per heavy atom. The van der Waals surface area contributed by atoms with Crippen molar-refractivity contribution >= 4 is 41.0 Å². The summed E-state index contributed by atoms with van der Waals surface area (Å²) < 4.78 is 56.7. The molecule has 2 aliphatic rings. The summed E-state index contributed by atoms with van der Waals surface area (Å²) in [4.78, 5) is 25.8. The van der Waals surface area contributed by atoms with E-state index in [1.54, 1.807) is 36.1 Å². The number of rotatable bonds is 9. The lowest BCUT2D eigenvalue weighted by Gasteiger charge is -2.34. The molecule has 0 aliphatic carbocycles. The molecule has 0 unspecified atom stereocenters. The molecule has 1 aromatic heterocycles. The van der Waals surface area contributed by atoms with E-state index < -0.39 is 24.2 Å². The summed E-state index contributed by atoms with van der Waals surface area (Å²) in [5.74, 6) is -2.79. The maximum Gasteiger partial charge on any atom is 0.258 e. The van der Waals surface area contributed by atoms with Crippen LogP contribution in [0.25, 0.3) is 0 Å². The average molecular weight is 587 g/mol. The van der Waals surface area contributed by atoms with Gasteiger partial charge < -0.3 is 24.9 Å². The van der Waals surface area contributed by atoms with Gasteiger partial charge in [0.2, 0.25) is 12.4 Å². The summed E-state index contributed by atoms with van der Waals surface area (Å²) in [5, 5.41) is 11.8. The van der Waals surface area contributed by atoms with Crippen molar-refractivity contribution in [1.29, 1.82) is 0 Å². The predicted molar refractivity (Wildman–Crippen MR) is 153 cm³/mol. The standard InChI is InChI=1S/C25H32F4N6O2S.C2H6/c1-16-14-21(32-24(30-16)35-10-6-25(28,29)7-11-35)31-23(37)19-3-2-18(33-38-13-12-36)15-20(19)34-8-4-17(5-9-34)22(26)27;1-2/h2-3,14-15,17,22,33,36H,4-13H2,1H3,(H,30,31,32,37);1-2H3. The molecule has 0 bridgehead atoms. The number of halogens is 4. The molecule has 0 radical (unpaired) electrons. The van der Waals surface area contributed by atoms with Crippen molar-refractivity contribution in [1.82, 2.24) is 9.97 Å². The molecular weight excluding hydrogens is 548 g/mol. The van der Waals surface area contributed by atoms with Crippen LogP contribution in [-0.4, -0.2) is 71.9 Å². The fourth-order valence-electron chi connectivity index (χ4n) is 4.60. The molecule has 8 nitrogen and oxygen atoms in total. The van der Waals surface area contributed by atoms with Crippen LogP contribution in [0.3, 0.4) is 0 Å². The predicted octanol–water partition coefficient (Wildman–Crippen LogP) is 5.83. The summed E-state index contributed by atoms with van der Waals surface area (Å²) in [5.41, 5.74) is 2.26. The number of piperidine rings is 2. The second-order valence-corrected chi connectivity index (χ2v) is 10.5. The Morgan fingerprint density at radius 1 is 1.10 bits per heavy atom. The van der Waals surface area contributed by atoms with Crippen molar-refractivity contribution in [3.63, 3.8) is 0 Å². The Morgan fingerprint density at radius 2 is 1.77 bits per heavy atom. The molecule has 2 aliphatic heterocycles. The number of nitrogens with zero attached hydrogens (tertiary/aromatic N) is 4. The second-order valence-electron chi connectivity index (χ2n) is 9.56. The number of aromatic nitrogens is 2. The van der Waals surface area contributed by atoms with Gasteiger partial charge in [-0.3, -0.25) is 4.79 Å². The van der Waals surface area contributed by atoms with Crippen LogP contribution in [0, 0.1) is 12.8 Å². The first kappa shape index (κ1) is 31.7. The van der Waals surface area contributed by atoms with Crippen LogP contribution in [0.15, 0.2) is 24.3 Å². The zero-order valence-electron chi connectivity index (χ0n) is 23.1. The van der Waals surface area contributed by atoms with Crippen molar-refractivity contribution < 1.29 is 27.5 Å². The third-order valence-corrected chi connectivity index (χ3v) is 7.49. The highest BCUT2D eigenvalue weighted by atomic mass is 32.2. The van der Waals surface area contributed by atoms with E-state index in [0.29, 0.717) is 54.3 Å². The molecule has 0 atom stereocenters. The van der Waals surface area contributed by atoms with E-state index in [2.05, 4.69) is 20.0 Å². The van der Waals surface area contributed by atoms with Gasteiger partial charge in [0, 0.05) is 68.1 Å². The minimum absolute atomic E-state index is 0.00630. The van der Waals surface area contributed by atoms with Gasteiger partial charge in [0.1, 0.15) is 5.82 Å². The number of hydrogen-bond acceptors (Lipinski definition) is 8. The van der Waals surface area contributed by atoms with E-state index in [4.69, 9.17) is 5.11 Å². The smallest absolute Gasteiger partial charge is 0.258 e. The van der Waals surface area contributed by atoms with Gasteiger partial charge in [-0.15, -0.1) is 0 Å². The van der Waals surface area contributed by atoms with Crippen molar-refractivity contribution in [2.75, 3.05) is 58.4 Å². The number of nitrogens with one attached hydrogen (secondary N) is 2. The first-order valence-corrected chi connectivity index (χ1v) is 14.6. The summed E-state index contributed by atoms with van der Waals surface area (Å²) in [6.45, 7) is 6.75. The zero-order valence-corrected chi connectivity index (χ0v) is 23.9. The number of alkyl halides is 4. The van der Waals surface area contributed by atoms with Crippen molar-refractivity contribution in [2.45, 2.75) is 58.8 Å². The number of amides is 1. The van der Waals surface area contributed by atoms with Crippen molar-refractivity contribution in [3.8, 4) is 0 Å². The number of carbonyl (C=O) groups is 1. The van der Waals surface area contributed by atoms with Gasteiger partial charge in [0.25, 0.3) is 11.8 Å². The van der Waals surface area contributed by atoms with Gasteiger partial charge in [-0.25, -0.2) is 22.5 Å². The molecule has 2 fully saturated rings. The largest absolute Gasteiger partial charge is 0.395 e. The quantitative estimate of drug-likeness (QED) is 0.192. The minimum Gasteiger partial charge on any atom is -0.395 e. The average Bonchev–Trinajstić information content (AvgIpc) is 2.94. The van der Waals surface area contributed by atoms with Gasteiger partial charge in [-0.2, -0.15) is 4.98 Å². The first-order chi connectivity index (χ1) is 19.1. The van der Waals surface area contributed by atoms with Gasteiger partial charge >= 0.3 is 0 Å². The Hall–Kier alpha value is -2.80. The number of carbonyl (C=O) groups excluding carboxylic acids is 1. The molecule has 2 saturated heterocycles. The van der Waals surface area contributed by atoms with E-state index in [-0.39, 0.29) is 44.3 Å². The Kier molecular flexibility index (Phi) is 11.7. The third kappa shape index (κ3) is 8.60. The van der Waals surface area contributed by atoms with E-state index >= 15 is 0 Å². The van der Waals surface area contributed by atoms with Crippen molar-refractivity contribution in [3.05, 3.63) is 35.5 Å². The zero-order chi connectivity index (χ0) is 29.3. The minimum atomic E-state index is -2.70. The van der Waals surface area contributed by atoms with E-state index in [1.807, 2.05) is 18.7 Å². The van der Waals surface area contributed by atoms with E-state index in [1.165, 1.54) is 11.9 Å². The molecule has 4 rings (SSSR count). The highest BCUT2D eigenvalue weighted by Crippen LogP contribution is 2.33. The number of aliphatic hydroxyl groups is 1. The maximum absolute atomic E-state index is 13.6. The molecular formula is C27H38F4N6O2S. The highest BCUT2D eigenvalue weighted by Gasteiger charge is 2.35. The number of anilines is 4. The maximum atomic E-state index is 13.6. The molecule has 0 saturated carbocycles. The van der Waals surface area contributed by atoms with Crippen LogP contribution in [0.2, 0.25) is 0 Å². The van der Waals surface area contributed by atoms with Crippen LogP contribution >= 0.6 is 11.9 Å². The van der Waals surface area contributed by atoms with E-state index in [0.717, 1.165) is 0 Å². The number of hydrogen-bond donors (Lipinski definition) is 3. The fraction of sp³-hybridized carbons (Fsp3) is 0.593. The molecule has 40 heavy (non-hydrogen) atoms. The summed E-state index contributed by atoms with van der Waals surface area (Å²) >= 11 is 1.31. The summed E-state index contributed by atoms with van der Waals surface area (Å²) in [7, 11) is 0. The lowest BCUT2D eigenvalue weighted by atomic mass is 9.96. The molecule has 3 heterocycles. The molecule has 3 N–H and O–H groups in total. The van der Waals surface area contributed by atoms with Crippen LogP contribution in [0.5, 0.6) is 0 Å². The summed E-state index contributed by atoms with van der Waals surface area (Å²) in [6, 6.07) is 6.80. The number of benzene rings is 1. The van der Waals surface area contributed by atoms with Gasteiger partial charge in [-0.05, 0) is 38.0 Å². The monoisotopic (exact) mass is 586 g/mol. The van der Waals surface area contributed by atoms with Crippen molar-refractivity contribution in [2.24, 2.45) is 5.92 Å².